The molecule has 1 aliphatic carbocycles. The van der Waals surface area contributed by atoms with E-state index < -0.39 is 9.84 Å². The molecule has 108 valence electrons. The van der Waals surface area contributed by atoms with Gasteiger partial charge in [0.15, 0.2) is 9.84 Å². The molecule has 1 rings (SSSR count). The molecule has 4 heteroatoms. The van der Waals surface area contributed by atoms with Crippen LogP contribution in [0.25, 0.3) is 0 Å². The van der Waals surface area contributed by atoms with Crippen LogP contribution in [0.5, 0.6) is 0 Å². The molecule has 0 saturated heterocycles. The van der Waals surface area contributed by atoms with Crippen molar-refractivity contribution in [1.29, 1.82) is 0 Å². The molecule has 3 nitrogen and oxygen atoms in total. The zero-order valence-electron chi connectivity index (χ0n) is 12.5. The highest BCUT2D eigenvalue weighted by molar-refractivity contribution is 7.92. The van der Waals surface area contributed by atoms with Crippen LogP contribution in [-0.4, -0.2) is 32.0 Å². The molecule has 1 N–H and O–H groups in total. The van der Waals surface area contributed by atoms with Crippen LogP contribution in [0.2, 0.25) is 0 Å². The number of nitrogens with one attached hydrogen (secondary N) is 1. The fourth-order valence-corrected chi connectivity index (χ4v) is 5.77. The molecular formula is C14H29NO2S. The van der Waals surface area contributed by atoms with Crippen LogP contribution in [-0.2, 0) is 9.84 Å². The molecule has 2 atom stereocenters. The number of hydrogen-bond donors (Lipinski definition) is 1. The van der Waals surface area contributed by atoms with Crippen LogP contribution in [0, 0.1) is 11.3 Å². The molecule has 0 heterocycles. The minimum Gasteiger partial charge on any atom is -0.312 e. The van der Waals surface area contributed by atoms with Crippen molar-refractivity contribution in [3.8, 4) is 0 Å². The first kappa shape index (κ1) is 16.0. The van der Waals surface area contributed by atoms with Gasteiger partial charge in [0.1, 0.15) is 0 Å². The van der Waals surface area contributed by atoms with Gasteiger partial charge in [-0.25, -0.2) is 8.42 Å². The molecule has 1 saturated carbocycles. The lowest BCUT2D eigenvalue weighted by molar-refractivity contribution is 0.172. The second kappa shape index (κ2) is 5.91. The lowest BCUT2D eigenvalue weighted by Gasteiger charge is -2.44. The van der Waals surface area contributed by atoms with Gasteiger partial charge in [-0.15, -0.1) is 0 Å². The van der Waals surface area contributed by atoms with E-state index in [9.17, 15) is 8.42 Å². The summed E-state index contributed by atoms with van der Waals surface area (Å²) in [6, 6.07) is 0.0972. The summed E-state index contributed by atoms with van der Waals surface area (Å²) in [6.45, 7) is 11.2. The topological polar surface area (TPSA) is 46.2 Å². The van der Waals surface area contributed by atoms with Gasteiger partial charge in [-0.1, -0.05) is 41.0 Å². The zero-order chi connectivity index (χ0) is 14.0. The predicted molar refractivity (Wildman–Crippen MR) is 77.5 cm³/mol. The molecule has 18 heavy (non-hydrogen) atoms. The van der Waals surface area contributed by atoms with Crippen LogP contribution < -0.4 is 5.32 Å². The van der Waals surface area contributed by atoms with Crippen molar-refractivity contribution in [2.75, 3.05) is 12.3 Å². The number of rotatable bonds is 5. The van der Waals surface area contributed by atoms with Gasteiger partial charge < -0.3 is 5.32 Å². The van der Waals surface area contributed by atoms with Crippen molar-refractivity contribution in [1.82, 2.24) is 5.32 Å². The SMILES string of the molecule is CCNC1C(S(=O)(=O)CC(C)C)CCCC1(C)C. The van der Waals surface area contributed by atoms with E-state index in [1.807, 2.05) is 13.8 Å². The van der Waals surface area contributed by atoms with Crippen LogP contribution in [0.15, 0.2) is 0 Å². The molecule has 0 bridgehead atoms. The molecule has 0 aromatic carbocycles. The van der Waals surface area contributed by atoms with Gasteiger partial charge in [0.25, 0.3) is 0 Å². The third-order valence-corrected chi connectivity index (χ3v) is 6.54. The molecule has 0 aromatic heterocycles. The Morgan fingerprint density at radius 1 is 1.33 bits per heavy atom. The molecule has 0 aromatic rings. The Morgan fingerprint density at radius 2 is 1.94 bits per heavy atom. The van der Waals surface area contributed by atoms with Crippen LogP contribution in [0.4, 0.5) is 0 Å². The van der Waals surface area contributed by atoms with Crippen molar-refractivity contribution >= 4 is 9.84 Å². The Morgan fingerprint density at radius 3 is 2.44 bits per heavy atom. The van der Waals surface area contributed by atoms with E-state index in [1.54, 1.807) is 0 Å². The largest absolute Gasteiger partial charge is 0.312 e. The maximum absolute atomic E-state index is 12.5. The Bertz CT molecular complexity index is 360. The fourth-order valence-electron chi connectivity index (χ4n) is 3.19. The molecule has 0 radical (unpaired) electrons. The molecule has 0 spiro atoms. The predicted octanol–water partition coefficient (Wildman–Crippen LogP) is 2.61. The van der Waals surface area contributed by atoms with Crippen molar-refractivity contribution in [2.45, 2.75) is 65.2 Å². The summed E-state index contributed by atoms with van der Waals surface area (Å²) in [6.07, 6.45) is 2.95. The van der Waals surface area contributed by atoms with Crippen LogP contribution in [0.3, 0.4) is 0 Å². The average Bonchev–Trinajstić information content (AvgIpc) is 2.18. The number of hydrogen-bond acceptors (Lipinski definition) is 3. The Kier molecular flexibility index (Phi) is 5.24. The third-order valence-electron chi connectivity index (χ3n) is 3.97. The molecule has 1 fully saturated rings. The summed E-state index contributed by atoms with van der Waals surface area (Å²) in [4.78, 5) is 0. The summed E-state index contributed by atoms with van der Waals surface area (Å²) in [5, 5.41) is 3.22. The Balaban J connectivity index is 2.97. The lowest BCUT2D eigenvalue weighted by atomic mass is 9.73. The molecule has 0 aliphatic heterocycles. The highest BCUT2D eigenvalue weighted by Crippen LogP contribution is 2.39. The monoisotopic (exact) mass is 275 g/mol. The summed E-state index contributed by atoms with van der Waals surface area (Å²) >= 11 is 0. The molecular weight excluding hydrogens is 246 g/mol. The first-order chi connectivity index (χ1) is 8.20. The summed E-state index contributed by atoms with van der Waals surface area (Å²) < 4.78 is 25.1. The van der Waals surface area contributed by atoms with Gasteiger partial charge in [-0.3, -0.25) is 0 Å². The third kappa shape index (κ3) is 3.70. The van der Waals surface area contributed by atoms with Crippen LogP contribution >= 0.6 is 0 Å². The van der Waals surface area contributed by atoms with E-state index in [-0.39, 0.29) is 22.6 Å². The summed E-state index contributed by atoms with van der Waals surface area (Å²) in [7, 11) is -2.99. The summed E-state index contributed by atoms with van der Waals surface area (Å²) in [5.41, 5.74) is 0.0724. The van der Waals surface area contributed by atoms with Crippen molar-refractivity contribution < 1.29 is 8.42 Å². The van der Waals surface area contributed by atoms with Crippen molar-refractivity contribution in [3.05, 3.63) is 0 Å². The second-order valence-corrected chi connectivity index (χ2v) is 8.94. The van der Waals surface area contributed by atoms with E-state index in [0.29, 0.717) is 5.75 Å². The van der Waals surface area contributed by atoms with Gasteiger partial charge in [0, 0.05) is 6.04 Å². The minimum atomic E-state index is -2.99. The maximum atomic E-state index is 12.5. The quantitative estimate of drug-likeness (QED) is 0.839. The molecule has 1 aliphatic rings. The van der Waals surface area contributed by atoms with E-state index in [1.165, 1.54) is 0 Å². The van der Waals surface area contributed by atoms with Gasteiger partial charge in [-0.05, 0) is 30.7 Å². The first-order valence-corrected chi connectivity index (χ1v) is 8.87. The molecule has 2 unspecified atom stereocenters. The van der Waals surface area contributed by atoms with Crippen LogP contribution in [0.1, 0.15) is 53.9 Å². The van der Waals surface area contributed by atoms with E-state index >= 15 is 0 Å². The van der Waals surface area contributed by atoms with Gasteiger partial charge in [0.05, 0.1) is 11.0 Å². The standard InChI is InChI=1S/C14H29NO2S/c1-6-15-13-12(8-7-9-14(13,4)5)18(16,17)10-11(2)3/h11-13,15H,6-10H2,1-5H3. The number of sulfone groups is 1. The maximum Gasteiger partial charge on any atom is 0.154 e. The highest BCUT2D eigenvalue weighted by Gasteiger charge is 2.44. The van der Waals surface area contributed by atoms with Gasteiger partial charge in [-0.2, -0.15) is 0 Å². The highest BCUT2D eigenvalue weighted by atomic mass is 32.2. The smallest absolute Gasteiger partial charge is 0.154 e. The normalized spacial score (nSPS) is 28.6. The fraction of sp³-hybridized carbons (Fsp3) is 1.00. The van der Waals surface area contributed by atoms with Gasteiger partial charge in [0.2, 0.25) is 0 Å². The van der Waals surface area contributed by atoms with E-state index in [4.69, 9.17) is 0 Å². The average molecular weight is 275 g/mol. The van der Waals surface area contributed by atoms with Crippen molar-refractivity contribution in [2.24, 2.45) is 11.3 Å². The zero-order valence-corrected chi connectivity index (χ0v) is 13.3. The lowest BCUT2D eigenvalue weighted by Crippen LogP contribution is -2.55. The Hall–Kier alpha value is -0.0900. The Labute approximate surface area is 113 Å². The second-order valence-electron chi connectivity index (χ2n) is 6.68. The first-order valence-electron chi connectivity index (χ1n) is 7.15. The van der Waals surface area contributed by atoms with Crippen molar-refractivity contribution in [3.63, 3.8) is 0 Å². The summed E-state index contributed by atoms with van der Waals surface area (Å²) in [5.74, 6) is 0.526. The van der Waals surface area contributed by atoms with E-state index in [2.05, 4.69) is 26.1 Å². The minimum absolute atomic E-state index is 0.0724. The van der Waals surface area contributed by atoms with Gasteiger partial charge >= 0.3 is 0 Å². The van der Waals surface area contributed by atoms with E-state index in [0.717, 1.165) is 25.8 Å². The molecule has 0 amide bonds.